The largest absolute Gasteiger partial charge is 0.307 e. The SMILES string of the molecule is CCNC(c1ccccc1)c1ccc(C)c(Br)c1. The van der Waals surface area contributed by atoms with Crippen LogP contribution in [0, 0.1) is 6.92 Å². The number of rotatable bonds is 4. The van der Waals surface area contributed by atoms with Crippen LogP contribution in [0.3, 0.4) is 0 Å². The topological polar surface area (TPSA) is 12.0 Å². The van der Waals surface area contributed by atoms with Crippen molar-refractivity contribution in [1.29, 1.82) is 0 Å². The van der Waals surface area contributed by atoms with Crippen LogP contribution in [0.2, 0.25) is 0 Å². The van der Waals surface area contributed by atoms with Gasteiger partial charge < -0.3 is 5.32 Å². The van der Waals surface area contributed by atoms with Crippen LogP contribution in [0.25, 0.3) is 0 Å². The summed E-state index contributed by atoms with van der Waals surface area (Å²) in [5.41, 5.74) is 3.86. The molecule has 0 bridgehead atoms. The van der Waals surface area contributed by atoms with Crippen molar-refractivity contribution in [3.05, 3.63) is 69.7 Å². The van der Waals surface area contributed by atoms with Crippen molar-refractivity contribution >= 4 is 15.9 Å². The summed E-state index contributed by atoms with van der Waals surface area (Å²) in [5.74, 6) is 0. The second-order valence-corrected chi connectivity index (χ2v) is 5.26. The molecule has 1 atom stereocenters. The summed E-state index contributed by atoms with van der Waals surface area (Å²) in [4.78, 5) is 0. The monoisotopic (exact) mass is 303 g/mol. The lowest BCUT2D eigenvalue weighted by Gasteiger charge is -2.19. The molecular weight excluding hydrogens is 286 g/mol. The molecule has 1 nitrogen and oxygen atoms in total. The molecule has 0 spiro atoms. The summed E-state index contributed by atoms with van der Waals surface area (Å²) < 4.78 is 1.17. The van der Waals surface area contributed by atoms with Gasteiger partial charge in [0.25, 0.3) is 0 Å². The molecule has 0 radical (unpaired) electrons. The Morgan fingerprint density at radius 3 is 2.39 bits per heavy atom. The van der Waals surface area contributed by atoms with Crippen LogP contribution in [0.1, 0.15) is 29.7 Å². The van der Waals surface area contributed by atoms with Crippen LogP contribution in [0.15, 0.2) is 53.0 Å². The van der Waals surface area contributed by atoms with Crippen molar-refractivity contribution in [2.45, 2.75) is 19.9 Å². The van der Waals surface area contributed by atoms with E-state index in [0.29, 0.717) is 0 Å². The molecule has 94 valence electrons. The van der Waals surface area contributed by atoms with Crippen LogP contribution < -0.4 is 5.32 Å². The summed E-state index contributed by atoms with van der Waals surface area (Å²) >= 11 is 3.61. The van der Waals surface area contributed by atoms with Gasteiger partial charge in [-0.1, -0.05) is 65.3 Å². The van der Waals surface area contributed by atoms with E-state index in [4.69, 9.17) is 0 Å². The third-order valence-electron chi connectivity index (χ3n) is 3.07. The van der Waals surface area contributed by atoms with Crippen molar-refractivity contribution in [2.75, 3.05) is 6.54 Å². The van der Waals surface area contributed by atoms with E-state index in [2.05, 4.69) is 83.6 Å². The van der Waals surface area contributed by atoms with E-state index < -0.39 is 0 Å². The molecule has 0 fully saturated rings. The van der Waals surface area contributed by atoms with Gasteiger partial charge >= 0.3 is 0 Å². The van der Waals surface area contributed by atoms with Crippen molar-refractivity contribution in [2.24, 2.45) is 0 Å². The fourth-order valence-corrected chi connectivity index (χ4v) is 2.46. The van der Waals surface area contributed by atoms with Crippen molar-refractivity contribution < 1.29 is 0 Å². The zero-order valence-electron chi connectivity index (χ0n) is 10.8. The molecule has 0 aliphatic heterocycles. The van der Waals surface area contributed by atoms with E-state index in [1.807, 2.05) is 0 Å². The summed E-state index contributed by atoms with van der Waals surface area (Å²) in [7, 11) is 0. The number of nitrogens with one attached hydrogen (secondary N) is 1. The first-order chi connectivity index (χ1) is 8.72. The Balaban J connectivity index is 2.38. The number of hydrogen-bond donors (Lipinski definition) is 1. The smallest absolute Gasteiger partial charge is 0.0577 e. The fraction of sp³-hybridized carbons (Fsp3) is 0.250. The summed E-state index contributed by atoms with van der Waals surface area (Å²) in [6, 6.07) is 17.4. The molecule has 2 rings (SSSR count). The minimum Gasteiger partial charge on any atom is -0.307 e. The van der Waals surface area contributed by atoms with Crippen molar-refractivity contribution in [1.82, 2.24) is 5.32 Å². The van der Waals surface area contributed by atoms with Crippen LogP contribution in [0.4, 0.5) is 0 Å². The van der Waals surface area contributed by atoms with E-state index in [0.717, 1.165) is 6.54 Å². The normalized spacial score (nSPS) is 12.4. The quantitative estimate of drug-likeness (QED) is 0.879. The molecule has 0 saturated carbocycles. The van der Waals surface area contributed by atoms with Gasteiger partial charge in [-0.25, -0.2) is 0 Å². The molecule has 0 aliphatic rings. The Bertz CT molecular complexity index is 508. The number of benzene rings is 2. The van der Waals surface area contributed by atoms with E-state index >= 15 is 0 Å². The zero-order valence-corrected chi connectivity index (χ0v) is 12.4. The molecule has 0 aliphatic carbocycles. The Kier molecular flexibility index (Phi) is 4.56. The van der Waals surface area contributed by atoms with Gasteiger partial charge in [0.1, 0.15) is 0 Å². The Hall–Kier alpha value is -1.12. The molecule has 18 heavy (non-hydrogen) atoms. The maximum atomic E-state index is 3.61. The molecule has 0 aromatic heterocycles. The molecule has 1 N–H and O–H groups in total. The van der Waals surface area contributed by atoms with Crippen molar-refractivity contribution in [3.63, 3.8) is 0 Å². The number of aryl methyl sites for hydroxylation is 1. The molecule has 1 unspecified atom stereocenters. The lowest BCUT2D eigenvalue weighted by molar-refractivity contribution is 0.630. The maximum Gasteiger partial charge on any atom is 0.0577 e. The van der Waals surface area contributed by atoms with Gasteiger partial charge in [-0.05, 0) is 36.2 Å². The third-order valence-corrected chi connectivity index (χ3v) is 3.92. The predicted octanol–water partition coefficient (Wildman–Crippen LogP) is 4.46. The van der Waals surface area contributed by atoms with E-state index in [9.17, 15) is 0 Å². The molecule has 2 aromatic carbocycles. The van der Waals surface area contributed by atoms with E-state index in [-0.39, 0.29) is 6.04 Å². The van der Waals surface area contributed by atoms with Crippen LogP contribution in [-0.4, -0.2) is 6.54 Å². The van der Waals surface area contributed by atoms with Crippen LogP contribution in [-0.2, 0) is 0 Å². The molecule has 0 saturated heterocycles. The summed E-state index contributed by atoms with van der Waals surface area (Å²) in [6.07, 6.45) is 0. The van der Waals surface area contributed by atoms with Gasteiger partial charge in [-0.3, -0.25) is 0 Å². The van der Waals surface area contributed by atoms with Gasteiger partial charge in [-0.2, -0.15) is 0 Å². The molecule has 2 heteroatoms. The summed E-state index contributed by atoms with van der Waals surface area (Å²) in [6.45, 7) is 5.20. The Morgan fingerprint density at radius 1 is 1.06 bits per heavy atom. The fourth-order valence-electron chi connectivity index (χ4n) is 2.07. The van der Waals surface area contributed by atoms with Gasteiger partial charge in [0, 0.05) is 4.47 Å². The highest BCUT2D eigenvalue weighted by molar-refractivity contribution is 9.10. The second-order valence-electron chi connectivity index (χ2n) is 4.41. The highest BCUT2D eigenvalue weighted by Crippen LogP contribution is 2.26. The average molecular weight is 304 g/mol. The third kappa shape index (κ3) is 3.01. The highest BCUT2D eigenvalue weighted by Gasteiger charge is 2.13. The summed E-state index contributed by atoms with van der Waals surface area (Å²) in [5, 5.41) is 3.54. The van der Waals surface area contributed by atoms with Gasteiger partial charge in [-0.15, -0.1) is 0 Å². The molecule has 0 heterocycles. The van der Waals surface area contributed by atoms with Crippen LogP contribution >= 0.6 is 15.9 Å². The van der Waals surface area contributed by atoms with Gasteiger partial charge in [0.05, 0.1) is 6.04 Å². The zero-order chi connectivity index (χ0) is 13.0. The second kappa shape index (κ2) is 6.17. The Labute approximate surface area is 117 Å². The Morgan fingerprint density at radius 2 is 1.78 bits per heavy atom. The minimum absolute atomic E-state index is 0.257. The average Bonchev–Trinajstić information content (AvgIpc) is 2.40. The predicted molar refractivity (Wildman–Crippen MR) is 80.8 cm³/mol. The van der Waals surface area contributed by atoms with Gasteiger partial charge in [0.15, 0.2) is 0 Å². The molecule has 0 amide bonds. The van der Waals surface area contributed by atoms with Crippen molar-refractivity contribution in [3.8, 4) is 0 Å². The lowest BCUT2D eigenvalue weighted by Crippen LogP contribution is -2.21. The minimum atomic E-state index is 0.257. The van der Waals surface area contributed by atoms with Gasteiger partial charge in [0.2, 0.25) is 0 Å². The number of hydrogen-bond acceptors (Lipinski definition) is 1. The van der Waals surface area contributed by atoms with E-state index in [1.54, 1.807) is 0 Å². The van der Waals surface area contributed by atoms with Crippen LogP contribution in [0.5, 0.6) is 0 Å². The van der Waals surface area contributed by atoms with E-state index in [1.165, 1.54) is 21.2 Å². The first-order valence-corrected chi connectivity index (χ1v) is 7.06. The first-order valence-electron chi connectivity index (χ1n) is 6.26. The molecular formula is C16H18BrN. The maximum absolute atomic E-state index is 3.61. The standard InChI is InChI=1S/C16H18BrN/c1-3-18-16(13-7-5-4-6-8-13)14-10-9-12(2)15(17)11-14/h4-11,16,18H,3H2,1-2H3. The lowest BCUT2D eigenvalue weighted by atomic mass is 9.98. The highest BCUT2D eigenvalue weighted by atomic mass is 79.9. The molecule has 2 aromatic rings. The first kappa shape index (κ1) is 13.3. The number of halogens is 1.